The molecule has 0 aliphatic carbocycles. The largest absolute Gasteiger partial charge is 0.402 e. The predicted molar refractivity (Wildman–Crippen MR) is 131 cm³/mol. The lowest BCUT2D eigenvalue weighted by Gasteiger charge is -2.13. The van der Waals surface area contributed by atoms with Crippen LogP contribution < -0.4 is 11.1 Å². The number of benzene rings is 1. The molecule has 0 saturated heterocycles. The number of nitrogens with two attached hydrogens (primary N) is 1. The van der Waals surface area contributed by atoms with E-state index < -0.39 is 0 Å². The third-order valence-electron chi connectivity index (χ3n) is 5.22. The number of allylic oxidation sites excluding steroid dienone is 3. The van der Waals surface area contributed by atoms with Crippen LogP contribution in [0.2, 0.25) is 0 Å². The SMILES string of the molecule is C=C(C)/C(CNC(=O)c1ccnc(Cc2ccc3nc(C)ccc3c2)c1)=C(C)\C=C(/C)N. The maximum Gasteiger partial charge on any atom is 0.251 e. The normalized spacial score (nSPS) is 12.4. The maximum absolute atomic E-state index is 12.8. The summed E-state index contributed by atoms with van der Waals surface area (Å²) < 4.78 is 0. The number of pyridine rings is 2. The van der Waals surface area contributed by atoms with Gasteiger partial charge in [0.15, 0.2) is 0 Å². The van der Waals surface area contributed by atoms with Crippen LogP contribution in [0.15, 0.2) is 83.7 Å². The molecular formula is C27H30N4O. The molecule has 3 N–H and O–H groups in total. The number of nitrogens with zero attached hydrogens (tertiary/aromatic N) is 2. The van der Waals surface area contributed by atoms with E-state index >= 15 is 0 Å². The molecule has 0 saturated carbocycles. The van der Waals surface area contributed by atoms with Gasteiger partial charge in [-0.1, -0.05) is 24.3 Å². The van der Waals surface area contributed by atoms with Crippen molar-refractivity contribution >= 4 is 16.8 Å². The Labute approximate surface area is 189 Å². The Morgan fingerprint density at radius 2 is 1.91 bits per heavy atom. The molecule has 0 bridgehead atoms. The Bertz CT molecular complexity index is 1230. The van der Waals surface area contributed by atoms with Gasteiger partial charge in [0.1, 0.15) is 0 Å². The Balaban J connectivity index is 1.74. The van der Waals surface area contributed by atoms with Crippen molar-refractivity contribution in [1.29, 1.82) is 0 Å². The zero-order valence-corrected chi connectivity index (χ0v) is 19.2. The fourth-order valence-corrected chi connectivity index (χ4v) is 3.64. The van der Waals surface area contributed by atoms with Gasteiger partial charge in [0.25, 0.3) is 5.91 Å². The summed E-state index contributed by atoms with van der Waals surface area (Å²) in [4.78, 5) is 21.8. The van der Waals surface area contributed by atoms with Gasteiger partial charge in [-0.2, -0.15) is 0 Å². The molecule has 0 spiro atoms. The third-order valence-corrected chi connectivity index (χ3v) is 5.22. The molecule has 0 unspecified atom stereocenters. The zero-order chi connectivity index (χ0) is 23.3. The van der Waals surface area contributed by atoms with Crippen LogP contribution in [0.1, 0.15) is 48.1 Å². The van der Waals surface area contributed by atoms with Crippen LogP contribution >= 0.6 is 0 Å². The highest BCUT2D eigenvalue weighted by Crippen LogP contribution is 2.18. The van der Waals surface area contributed by atoms with E-state index in [-0.39, 0.29) is 5.91 Å². The molecule has 2 heterocycles. The number of hydrogen-bond donors (Lipinski definition) is 2. The van der Waals surface area contributed by atoms with Gasteiger partial charge in [0.05, 0.1) is 5.52 Å². The van der Waals surface area contributed by atoms with E-state index in [0.717, 1.165) is 44.6 Å². The molecule has 1 amide bonds. The van der Waals surface area contributed by atoms with Crippen LogP contribution in [0.4, 0.5) is 0 Å². The topological polar surface area (TPSA) is 80.9 Å². The zero-order valence-electron chi connectivity index (χ0n) is 19.2. The number of carbonyl (C=O) groups excluding carboxylic acids is 1. The number of aryl methyl sites for hydroxylation is 1. The summed E-state index contributed by atoms with van der Waals surface area (Å²) in [7, 11) is 0. The summed E-state index contributed by atoms with van der Waals surface area (Å²) in [6.07, 6.45) is 4.21. The average molecular weight is 427 g/mol. The van der Waals surface area contributed by atoms with Gasteiger partial charge in [0.2, 0.25) is 0 Å². The van der Waals surface area contributed by atoms with Crippen LogP contribution in [0, 0.1) is 6.92 Å². The molecule has 0 aliphatic rings. The summed E-state index contributed by atoms with van der Waals surface area (Å²) in [5, 5.41) is 4.09. The van der Waals surface area contributed by atoms with Crippen molar-refractivity contribution in [3.05, 3.63) is 106 Å². The lowest BCUT2D eigenvalue weighted by molar-refractivity contribution is 0.0957. The quantitative estimate of drug-likeness (QED) is 0.520. The van der Waals surface area contributed by atoms with Crippen molar-refractivity contribution in [2.45, 2.75) is 34.1 Å². The minimum Gasteiger partial charge on any atom is -0.402 e. The van der Waals surface area contributed by atoms with Crippen molar-refractivity contribution in [2.75, 3.05) is 6.54 Å². The lowest BCUT2D eigenvalue weighted by Crippen LogP contribution is -2.26. The lowest BCUT2D eigenvalue weighted by atomic mass is 10.0. The van der Waals surface area contributed by atoms with Crippen molar-refractivity contribution in [3.8, 4) is 0 Å². The van der Waals surface area contributed by atoms with Crippen LogP contribution in [0.3, 0.4) is 0 Å². The molecule has 5 nitrogen and oxygen atoms in total. The first-order valence-corrected chi connectivity index (χ1v) is 10.6. The predicted octanol–water partition coefficient (Wildman–Crippen LogP) is 5.01. The van der Waals surface area contributed by atoms with Crippen LogP contribution in [-0.4, -0.2) is 22.4 Å². The van der Waals surface area contributed by atoms with E-state index in [2.05, 4.69) is 40.1 Å². The molecule has 0 fully saturated rings. The second-order valence-electron chi connectivity index (χ2n) is 8.21. The molecule has 3 aromatic rings. The second kappa shape index (κ2) is 10.1. The van der Waals surface area contributed by atoms with Gasteiger partial charge in [-0.25, -0.2) is 0 Å². The second-order valence-corrected chi connectivity index (χ2v) is 8.21. The molecule has 3 rings (SSSR count). The third kappa shape index (κ3) is 5.91. The van der Waals surface area contributed by atoms with Gasteiger partial charge in [-0.3, -0.25) is 14.8 Å². The highest BCUT2D eigenvalue weighted by atomic mass is 16.1. The van der Waals surface area contributed by atoms with Crippen molar-refractivity contribution in [2.24, 2.45) is 5.73 Å². The molecular weight excluding hydrogens is 396 g/mol. The molecule has 0 atom stereocenters. The average Bonchev–Trinajstić information content (AvgIpc) is 2.73. The highest BCUT2D eigenvalue weighted by Gasteiger charge is 2.10. The molecule has 2 aromatic heterocycles. The summed E-state index contributed by atoms with van der Waals surface area (Å²) in [6, 6.07) is 13.9. The summed E-state index contributed by atoms with van der Waals surface area (Å²) in [5.74, 6) is -0.146. The number of carbonyl (C=O) groups is 1. The van der Waals surface area contributed by atoms with Crippen LogP contribution in [0.5, 0.6) is 0 Å². The van der Waals surface area contributed by atoms with Gasteiger partial charge in [-0.15, -0.1) is 0 Å². The fourth-order valence-electron chi connectivity index (χ4n) is 3.64. The summed E-state index contributed by atoms with van der Waals surface area (Å²) in [5.41, 5.74) is 13.9. The van der Waals surface area contributed by atoms with E-state index in [1.807, 2.05) is 52.0 Å². The first-order chi connectivity index (χ1) is 15.2. The van der Waals surface area contributed by atoms with E-state index in [4.69, 9.17) is 5.73 Å². The van der Waals surface area contributed by atoms with Crippen LogP contribution in [0.25, 0.3) is 10.9 Å². The van der Waals surface area contributed by atoms with Gasteiger partial charge in [-0.05, 0) is 80.8 Å². The van der Waals surface area contributed by atoms with Gasteiger partial charge < -0.3 is 11.1 Å². The van der Waals surface area contributed by atoms with E-state index in [1.54, 1.807) is 12.3 Å². The first kappa shape index (κ1) is 22.9. The smallest absolute Gasteiger partial charge is 0.251 e. The van der Waals surface area contributed by atoms with E-state index in [0.29, 0.717) is 24.2 Å². The molecule has 0 aliphatic heterocycles. The molecule has 5 heteroatoms. The molecule has 1 aromatic carbocycles. The fraction of sp³-hybridized carbons (Fsp3) is 0.222. The van der Waals surface area contributed by atoms with Gasteiger partial charge in [0, 0.05) is 47.2 Å². The molecule has 164 valence electrons. The van der Waals surface area contributed by atoms with E-state index in [9.17, 15) is 4.79 Å². The maximum atomic E-state index is 12.8. The highest BCUT2D eigenvalue weighted by molar-refractivity contribution is 5.94. The minimum absolute atomic E-state index is 0.146. The Hall–Kier alpha value is -3.73. The number of hydrogen-bond acceptors (Lipinski definition) is 4. The standard InChI is InChI=1S/C27H30N4O/c1-17(2)25(18(3)12-19(4)28)16-30-27(32)23-10-11-29-24(15-23)14-21-7-9-26-22(13-21)8-6-20(5)31-26/h6-13,15H,1,14,16,28H2,2-5H3,(H,30,32)/b19-12+,25-18-. The minimum atomic E-state index is -0.146. The monoisotopic (exact) mass is 426 g/mol. The van der Waals surface area contributed by atoms with Crippen molar-refractivity contribution in [1.82, 2.24) is 15.3 Å². The van der Waals surface area contributed by atoms with E-state index in [1.165, 1.54) is 0 Å². The number of rotatable bonds is 7. The molecule has 32 heavy (non-hydrogen) atoms. The number of fused-ring (bicyclic) bond motifs is 1. The summed E-state index contributed by atoms with van der Waals surface area (Å²) >= 11 is 0. The molecule has 0 radical (unpaired) electrons. The van der Waals surface area contributed by atoms with Crippen molar-refractivity contribution < 1.29 is 4.79 Å². The Morgan fingerprint density at radius 3 is 2.62 bits per heavy atom. The number of amides is 1. The number of nitrogens with one attached hydrogen (secondary N) is 1. The number of aromatic nitrogens is 2. The van der Waals surface area contributed by atoms with Gasteiger partial charge >= 0.3 is 0 Å². The van der Waals surface area contributed by atoms with Crippen molar-refractivity contribution in [3.63, 3.8) is 0 Å². The first-order valence-electron chi connectivity index (χ1n) is 10.6. The Kier molecular flexibility index (Phi) is 7.21. The van der Waals surface area contributed by atoms with Crippen LogP contribution in [-0.2, 0) is 6.42 Å². The Morgan fingerprint density at radius 1 is 1.12 bits per heavy atom. The summed E-state index contributed by atoms with van der Waals surface area (Å²) in [6.45, 7) is 12.1.